The first-order valence-corrected chi connectivity index (χ1v) is 8.26. The van der Waals surface area contributed by atoms with Gasteiger partial charge in [-0.15, -0.1) is 0 Å². The zero-order valence-electron chi connectivity index (χ0n) is 14.3. The number of pyridine rings is 1. The molecule has 3 rings (SSSR count). The molecular formula is C19H20N4O2. The Kier molecular flexibility index (Phi) is 4.88. The summed E-state index contributed by atoms with van der Waals surface area (Å²) >= 11 is 0. The largest absolute Gasteiger partial charge is 0.335 e. The second-order valence-electron chi connectivity index (χ2n) is 5.82. The molecule has 0 spiro atoms. The number of fused-ring (bicyclic) bond motifs is 1. The van der Waals surface area contributed by atoms with E-state index >= 15 is 0 Å². The predicted molar refractivity (Wildman–Crippen MR) is 96.0 cm³/mol. The summed E-state index contributed by atoms with van der Waals surface area (Å²) in [4.78, 5) is 30.6. The fourth-order valence-electron chi connectivity index (χ4n) is 2.99. The van der Waals surface area contributed by atoms with Crippen molar-refractivity contribution in [3.05, 3.63) is 70.8 Å². The van der Waals surface area contributed by atoms with Crippen LogP contribution in [0, 0.1) is 0 Å². The van der Waals surface area contributed by atoms with E-state index < -0.39 is 0 Å². The molecule has 2 heterocycles. The second-order valence-corrected chi connectivity index (χ2v) is 5.82. The van der Waals surface area contributed by atoms with Crippen LogP contribution in [0.25, 0.3) is 10.9 Å². The van der Waals surface area contributed by atoms with Crippen LogP contribution in [0.5, 0.6) is 0 Å². The van der Waals surface area contributed by atoms with Crippen molar-refractivity contribution >= 4 is 16.8 Å². The highest BCUT2D eigenvalue weighted by atomic mass is 16.2. The normalized spacial score (nSPS) is 12.1. The van der Waals surface area contributed by atoms with Crippen molar-refractivity contribution in [2.24, 2.45) is 0 Å². The monoisotopic (exact) mass is 336 g/mol. The van der Waals surface area contributed by atoms with Gasteiger partial charge in [-0.25, -0.2) is 0 Å². The van der Waals surface area contributed by atoms with Gasteiger partial charge in [0.2, 0.25) is 11.3 Å². The predicted octanol–water partition coefficient (Wildman–Crippen LogP) is 2.40. The Morgan fingerprint density at radius 3 is 2.64 bits per heavy atom. The molecule has 0 N–H and O–H groups in total. The van der Waals surface area contributed by atoms with E-state index in [9.17, 15) is 9.59 Å². The van der Waals surface area contributed by atoms with E-state index in [1.165, 1.54) is 6.20 Å². The standard InChI is InChI=1S/C19H20N4O2/c1-3-22(14(2)15-8-10-20-11-9-15)19(25)13-23-17-7-5-4-6-16(17)18(24)12-21-23/h4-12,14H,3,13H2,1-2H3/t14-/m1/s1. The summed E-state index contributed by atoms with van der Waals surface area (Å²) in [6.07, 6.45) is 4.71. The molecule has 0 saturated carbocycles. The van der Waals surface area contributed by atoms with Gasteiger partial charge in [-0.05, 0) is 43.7 Å². The average molecular weight is 336 g/mol. The van der Waals surface area contributed by atoms with E-state index in [2.05, 4.69) is 10.1 Å². The molecule has 0 aliphatic heterocycles. The summed E-state index contributed by atoms with van der Waals surface area (Å²) in [7, 11) is 0. The molecule has 0 saturated heterocycles. The number of nitrogens with zero attached hydrogens (tertiary/aromatic N) is 4. The number of carbonyl (C=O) groups excluding carboxylic acids is 1. The first kappa shape index (κ1) is 16.8. The number of amides is 1. The number of carbonyl (C=O) groups is 1. The maximum Gasteiger partial charge on any atom is 0.244 e. The van der Waals surface area contributed by atoms with Crippen molar-refractivity contribution < 1.29 is 4.79 Å². The number of benzene rings is 1. The first-order valence-electron chi connectivity index (χ1n) is 8.26. The summed E-state index contributed by atoms with van der Waals surface area (Å²) in [5.74, 6) is -0.0480. The summed E-state index contributed by atoms with van der Waals surface area (Å²) in [5, 5.41) is 4.71. The third kappa shape index (κ3) is 3.42. The molecule has 0 fully saturated rings. The van der Waals surface area contributed by atoms with Gasteiger partial charge in [-0.2, -0.15) is 5.10 Å². The molecule has 3 aromatic rings. The average Bonchev–Trinajstić information content (AvgIpc) is 2.65. The molecule has 0 radical (unpaired) electrons. The van der Waals surface area contributed by atoms with Crippen LogP contribution in [0.4, 0.5) is 0 Å². The molecule has 1 amide bonds. The highest BCUT2D eigenvalue weighted by molar-refractivity contribution is 5.81. The number of hydrogen-bond donors (Lipinski definition) is 0. The van der Waals surface area contributed by atoms with E-state index in [1.54, 1.807) is 40.2 Å². The van der Waals surface area contributed by atoms with Crippen LogP contribution in [-0.2, 0) is 11.3 Å². The number of likely N-dealkylation sites (N-methyl/N-ethyl adjacent to an activating group) is 1. The van der Waals surface area contributed by atoms with Crippen molar-refractivity contribution in [2.45, 2.75) is 26.4 Å². The van der Waals surface area contributed by atoms with Gasteiger partial charge in [0.05, 0.1) is 17.8 Å². The molecule has 6 heteroatoms. The lowest BCUT2D eigenvalue weighted by Gasteiger charge is -2.28. The molecular weight excluding hydrogens is 316 g/mol. The Morgan fingerprint density at radius 1 is 1.20 bits per heavy atom. The van der Waals surface area contributed by atoms with Gasteiger partial charge < -0.3 is 4.90 Å². The molecule has 1 atom stereocenters. The van der Waals surface area contributed by atoms with Crippen LogP contribution in [0.3, 0.4) is 0 Å². The minimum absolute atomic E-state index is 0.0480. The fourth-order valence-corrected chi connectivity index (χ4v) is 2.99. The highest BCUT2D eigenvalue weighted by Crippen LogP contribution is 2.20. The lowest BCUT2D eigenvalue weighted by atomic mass is 10.1. The minimum Gasteiger partial charge on any atom is -0.335 e. The Bertz CT molecular complexity index is 937. The van der Waals surface area contributed by atoms with Crippen molar-refractivity contribution in [1.29, 1.82) is 0 Å². The molecule has 6 nitrogen and oxygen atoms in total. The van der Waals surface area contributed by atoms with Crippen LogP contribution in [0.15, 0.2) is 59.8 Å². The van der Waals surface area contributed by atoms with Crippen molar-refractivity contribution in [3.63, 3.8) is 0 Å². The van der Waals surface area contributed by atoms with Crippen LogP contribution in [0.2, 0.25) is 0 Å². The lowest BCUT2D eigenvalue weighted by Crippen LogP contribution is -2.36. The quantitative estimate of drug-likeness (QED) is 0.717. The first-order chi connectivity index (χ1) is 12.1. The van der Waals surface area contributed by atoms with E-state index in [0.717, 1.165) is 5.56 Å². The SMILES string of the molecule is CCN(C(=O)Cn1ncc(=O)c2ccccc21)[C@H](C)c1ccncc1. The lowest BCUT2D eigenvalue weighted by molar-refractivity contribution is -0.133. The van der Waals surface area contributed by atoms with Crippen molar-refractivity contribution in [3.8, 4) is 0 Å². The molecule has 0 aliphatic carbocycles. The summed E-state index contributed by atoms with van der Waals surface area (Å²) in [5.41, 5.74) is 1.55. The topological polar surface area (TPSA) is 68.1 Å². The van der Waals surface area contributed by atoms with Crippen LogP contribution < -0.4 is 5.43 Å². The van der Waals surface area contributed by atoms with E-state index in [0.29, 0.717) is 17.4 Å². The Morgan fingerprint density at radius 2 is 1.92 bits per heavy atom. The number of rotatable bonds is 5. The van der Waals surface area contributed by atoms with E-state index in [1.807, 2.05) is 32.0 Å². The molecule has 0 unspecified atom stereocenters. The smallest absolute Gasteiger partial charge is 0.244 e. The van der Waals surface area contributed by atoms with Gasteiger partial charge in [0, 0.05) is 24.3 Å². The van der Waals surface area contributed by atoms with Crippen LogP contribution in [0.1, 0.15) is 25.5 Å². The molecule has 25 heavy (non-hydrogen) atoms. The van der Waals surface area contributed by atoms with Crippen LogP contribution in [-0.4, -0.2) is 32.1 Å². The van der Waals surface area contributed by atoms with Gasteiger partial charge in [0.1, 0.15) is 6.54 Å². The molecule has 128 valence electrons. The van der Waals surface area contributed by atoms with Crippen LogP contribution >= 0.6 is 0 Å². The molecule has 0 aliphatic rings. The fraction of sp³-hybridized carbons (Fsp3) is 0.263. The number of aromatic nitrogens is 3. The van der Waals surface area contributed by atoms with Gasteiger partial charge in [0.15, 0.2) is 0 Å². The second kappa shape index (κ2) is 7.25. The molecule has 1 aromatic carbocycles. The summed E-state index contributed by atoms with van der Waals surface area (Å²) in [6.45, 7) is 4.62. The van der Waals surface area contributed by atoms with Crippen molar-refractivity contribution in [2.75, 3.05) is 6.54 Å². The summed E-state index contributed by atoms with van der Waals surface area (Å²) < 4.78 is 1.58. The van der Waals surface area contributed by atoms with E-state index in [-0.39, 0.29) is 23.9 Å². The third-order valence-corrected chi connectivity index (χ3v) is 4.36. The Labute approximate surface area is 145 Å². The Balaban J connectivity index is 1.88. The maximum atomic E-state index is 12.9. The van der Waals surface area contributed by atoms with Gasteiger partial charge in [-0.3, -0.25) is 19.3 Å². The highest BCUT2D eigenvalue weighted by Gasteiger charge is 2.20. The molecule has 0 bridgehead atoms. The number of para-hydroxylation sites is 1. The van der Waals surface area contributed by atoms with Gasteiger partial charge in [0.25, 0.3) is 0 Å². The van der Waals surface area contributed by atoms with Crippen molar-refractivity contribution in [1.82, 2.24) is 19.7 Å². The van der Waals surface area contributed by atoms with Gasteiger partial charge >= 0.3 is 0 Å². The number of hydrogen-bond acceptors (Lipinski definition) is 4. The Hall–Kier alpha value is -3.02. The minimum atomic E-state index is -0.142. The third-order valence-electron chi connectivity index (χ3n) is 4.36. The molecule has 2 aromatic heterocycles. The van der Waals surface area contributed by atoms with E-state index in [4.69, 9.17) is 0 Å². The van der Waals surface area contributed by atoms with Gasteiger partial charge in [-0.1, -0.05) is 12.1 Å². The summed E-state index contributed by atoms with van der Waals surface area (Å²) in [6, 6.07) is 10.9. The maximum absolute atomic E-state index is 12.9. The zero-order chi connectivity index (χ0) is 17.8. The zero-order valence-corrected chi connectivity index (χ0v) is 14.3.